The minimum atomic E-state index is -5.17. The van der Waals surface area contributed by atoms with Gasteiger partial charge >= 0.3 is 6.18 Å². The zero-order valence-corrected chi connectivity index (χ0v) is 11.9. The number of anilines is 2. The molecule has 0 fully saturated rings. The van der Waals surface area contributed by atoms with Gasteiger partial charge in [0, 0.05) is 6.20 Å². The van der Waals surface area contributed by atoms with Gasteiger partial charge in [0.25, 0.3) is 11.4 Å². The number of benzene rings is 1. The van der Waals surface area contributed by atoms with Crippen LogP contribution in [0.15, 0.2) is 30.7 Å². The standard InChI is InChI=1S/C12H6F3N5O5/c13-12(14,15)7-3-9(10(20(24)25)4-8(7)19(22)23)18(6-21)11-1-2-16-5-17-11/h1-6H. The summed E-state index contributed by atoms with van der Waals surface area (Å²) in [5.41, 5.74) is -5.13. The first-order chi connectivity index (χ1) is 11.7. The fraction of sp³-hybridized carbons (Fsp3) is 0.0833. The van der Waals surface area contributed by atoms with Crippen LogP contribution in [0.1, 0.15) is 5.56 Å². The first-order valence-corrected chi connectivity index (χ1v) is 6.21. The molecule has 0 atom stereocenters. The third-order valence-corrected chi connectivity index (χ3v) is 2.97. The van der Waals surface area contributed by atoms with Crippen LogP contribution in [0.3, 0.4) is 0 Å². The lowest BCUT2D eigenvalue weighted by Crippen LogP contribution is -2.19. The van der Waals surface area contributed by atoms with E-state index in [1.807, 2.05) is 0 Å². The zero-order valence-electron chi connectivity index (χ0n) is 11.9. The van der Waals surface area contributed by atoms with Gasteiger partial charge in [-0.2, -0.15) is 13.2 Å². The second-order valence-electron chi connectivity index (χ2n) is 4.41. The number of aromatic nitrogens is 2. The number of alkyl halides is 3. The largest absolute Gasteiger partial charge is 0.423 e. The van der Waals surface area contributed by atoms with Gasteiger partial charge in [0.1, 0.15) is 23.4 Å². The van der Waals surface area contributed by atoms with Crippen molar-refractivity contribution in [2.24, 2.45) is 0 Å². The number of rotatable bonds is 5. The van der Waals surface area contributed by atoms with Crippen molar-refractivity contribution in [1.82, 2.24) is 9.97 Å². The predicted octanol–water partition coefficient (Wildman–Crippen LogP) is 2.61. The number of carbonyl (C=O) groups is 1. The average molecular weight is 357 g/mol. The van der Waals surface area contributed by atoms with Gasteiger partial charge < -0.3 is 0 Å². The molecule has 0 aliphatic carbocycles. The van der Waals surface area contributed by atoms with Crippen LogP contribution in [0.4, 0.5) is 36.1 Å². The van der Waals surface area contributed by atoms with Crippen LogP contribution in [0.25, 0.3) is 0 Å². The normalized spacial score (nSPS) is 11.0. The van der Waals surface area contributed by atoms with Crippen molar-refractivity contribution in [2.75, 3.05) is 4.90 Å². The molecule has 2 aromatic rings. The monoisotopic (exact) mass is 357 g/mol. The van der Waals surface area contributed by atoms with Crippen molar-refractivity contribution >= 4 is 29.3 Å². The van der Waals surface area contributed by atoms with Crippen LogP contribution in [0.2, 0.25) is 0 Å². The maximum atomic E-state index is 13.1. The van der Waals surface area contributed by atoms with Crippen LogP contribution >= 0.6 is 0 Å². The minimum absolute atomic E-state index is 0.00332. The number of carbonyl (C=O) groups excluding carboxylic acids is 1. The third kappa shape index (κ3) is 3.49. The molecular weight excluding hydrogens is 351 g/mol. The molecule has 0 N–H and O–H groups in total. The molecule has 25 heavy (non-hydrogen) atoms. The first-order valence-electron chi connectivity index (χ1n) is 6.21. The Labute approximate surface area is 135 Å². The van der Waals surface area contributed by atoms with E-state index in [2.05, 4.69) is 9.97 Å². The SMILES string of the molecule is O=CN(c1ccncn1)c1cc(C(F)(F)F)c([N+](=O)[O-])cc1[N+](=O)[O-]. The molecule has 0 spiro atoms. The van der Waals surface area contributed by atoms with E-state index < -0.39 is 38.6 Å². The summed E-state index contributed by atoms with van der Waals surface area (Å²) in [5, 5.41) is 22.0. The van der Waals surface area contributed by atoms with Crippen molar-refractivity contribution in [3.05, 3.63) is 56.5 Å². The van der Waals surface area contributed by atoms with Gasteiger partial charge in [-0.1, -0.05) is 0 Å². The second kappa shape index (κ2) is 6.46. The second-order valence-corrected chi connectivity index (χ2v) is 4.41. The number of hydrogen-bond donors (Lipinski definition) is 0. The van der Waals surface area contributed by atoms with E-state index in [4.69, 9.17) is 0 Å². The summed E-state index contributed by atoms with van der Waals surface area (Å²) in [4.78, 5) is 38.4. The molecule has 1 aromatic heterocycles. The Morgan fingerprint density at radius 2 is 1.76 bits per heavy atom. The van der Waals surface area contributed by atoms with Crippen molar-refractivity contribution in [1.29, 1.82) is 0 Å². The van der Waals surface area contributed by atoms with Gasteiger partial charge in [-0.05, 0) is 12.1 Å². The fourth-order valence-corrected chi connectivity index (χ4v) is 1.94. The number of halogens is 3. The van der Waals surface area contributed by atoms with E-state index in [1.54, 1.807) is 0 Å². The van der Waals surface area contributed by atoms with Crippen LogP contribution in [0, 0.1) is 20.2 Å². The van der Waals surface area contributed by atoms with Crippen molar-refractivity contribution in [2.45, 2.75) is 6.18 Å². The molecule has 0 saturated carbocycles. The number of amides is 1. The molecule has 1 heterocycles. The molecule has 10 nitrogen and oxygen atoms in total. The quantitative estimate of drug-likeness (QED) is 0.456. The molecule has 1 amide bonds. The van der Waals surface area contributed by atoms with Crippen molar-refractivity contribution in [3.63, 3.8) is 0 Å². The molecule has 1 aromatic carbocycles. The van der Waals surface area contributed by atoms with E-state index >= 15 is 0 Å². The van der Waals surface area contributed by atoms with Crippen LogP contribution in [0.5, 0.6) is 0 Å². The molecule has 2 rings (SSSR count). The summed E-state index contributed by atoms with van der Waals surface area (Å²) >= 11 is 0. The van der Waals surface area contributed by atoms with E-state index in [9.17, 15) is 38.2 Å². The average Bonchev–Trinajstić information content (AvgIpc) is 2.55. The Hall–Kier alpha value is -3.64. The summed E-state index contributed by atoms with van der Waals surface area (Å²) in [6.45, 7) is 0. The van der Waals surface area contributed by atoms with Gasteiger partial charge in [0.05, 0.1) is 15.9 Å². The van der Waals surface area contributed by atoms with E-state index in [0.29, 0.717) is 4.90 Å². The van der Waals surface area contributed by atoms with E-state index in [1.165, 1.54) is 0 Å². The zero-order chi connectivity index (χ0) is 18.8. The van der Waals surface area contributed by atoms with Crippen molar-refractivity contribution in [3.8, 4) is 0 Å². The third-order valence-electron chi connectivity index (χ3n) is 2.97. The molecule has 13 heteroatoms. The van der Waals surface area contributed by atoms with Gasteiger partial charge in [-0.25, -0.2) is 9.97 Å². The Balaban J connectivity index is 2.81. The minimum Gasteiger partial charge on any atom is -0.278 e. The van der Waals surface area contributed by atoms with Crippen LogP contribution in [-0.2, 0) is 11.0 Å². The summed E-state index contributed by atoms with van der Waals surface area (Å²) in [6.07, 6.45) is -3.06. The van der Waals surface area contributed by atoms with E-state index in [0.717, 1.165) is 18.6 Å². The maximum absolute atomic E-state index is 13.1. The van der Waals surface area contributed by atoms with Crippen LogP contribution in [-0.4, -0.2) is 26.2 Å². The number of hydrogen-bond acceptors (Lipinski definition) is 7. The van der Waals surface area contributed by atoms with Gasteiger partial charge in [0.2, 0.25) is 6.41 Å². The topological polar surface area (TPSA) is 132 Å². The highest BCUT2D eigenvalue weighted by molar-refractivity contribution is 5.90. The Bertz CT molecular complexity index is 843. The van der Waals surface area contributed by atoms with Gasteiger partial charge in [-0.15, -0.1) is 0 Å². The molecular formula is C12H6F3N5O5. The fourth-order valence-electron chi connectivity index (χ4n) is 1.94. The van der Waals surface area contributed by atoms with Gasteiger partial charge in [-0.3, -0.25) is 29.9 Å². The first kappa shape index (κ1) is 17.7. The smallest absolute Gasteiger partial charge is 0.278 e. The maximum Gasteiger partial charge on any atom is 0.423 e. The lowest BCUT2D eigenvalue weighted by molar-refractivity contribution is -0.395. The lowest BCUT2D eigenvalue weighted by atomic mass is 10.1. The summed E-state index contributed by atoms with van der Waals surface area (Å²) in [7, 11) is 0. The summed E-state index contributed by atoms with van der Waals surface area (Å²) < 4.78 is 39.3. The van der Waals surface area contributed by atoms with Crippen molar-refractivity contribution < 1.29 is 27.8 Å². The summed E-state index contributed by atoms with van der Waals surface area (Å²) in [6, 6.07) is 1.43. The number of nitro benzene ring substituents is 2. The highest BCUT2D eigenvalue weighted by atomic mass is 19.4. The molecule has 0 aliphatic rings. The highest BCUT2D eigenvalue weighted by Crippen LogP contribution is 2.43. The Morgan fingerprint density at radius 3 is 2.20 bits per heavy atom. The summed E-state index contributed by atoms with van der Waals surface area (Å²) in [5.74, 6) is -0.255. The lowest BCUT2D eigenvalue weighted by Gasteiger charge is -2.17. The molecule has 0 saturated heterocycles. The number of nitro groups is 2. The Kier molecular flexibility index (Phi) is 4.58. The highest BCUT2D eigenvalue weighted by Gasteiger charge is 2.41. The molecule has 0 bridgehead atoms. The molecule has 0 aliphatic heterocycles. The van der Waals surface area contributed by atoms with Gasteiger partial charge in [0.15, 0.2) is 0 Å². The molecule has 130 valence electrons. The van der Waals surface area contributed by atoms with E-state index in [-0.39, 0.29) is 24.4 Å². The van der Waals surface area contributed by atoms with Crippen LogP contribution < -0.4 is 4.90 Å². The molecule has 0 unspecified atom stereocenters. The molecule has 0 radical (unpaired) electrons. The predicted molar refractivity (Wildman–Crippen MR) is 75.0 cm³/mol. The Morgan fingerprint density at radius 1 is 1.12 bits per heavy atom. The number of nitrogens with zero attached hydrogens (tertiary/aromatic N) is 5.